The van der Waals surface area contributed by atoms with Crippen LogP contribution in [0.4, 0.5) is 10.1 Å². The first-order valence-corrected chi connectivity index (χ1v) is 9.65. The van der Waals surface area contributed by atoms with Gasteiger partial charge in [0.25, 0.3) is 10.0 Å². The molecule has 0 saturated carbocycles. The number of aromatic nitrogens is 1. The molecule has 130 valence electrons. The standard InChI is InChI=1S/C16H12ClFN2O3S2/c1-23-14-7-6-12(8-13(14)17)20-25(21,22)15-9-19-16(24-15)10-2-4-11(18)5-3-10/h2-9,20H,1H3. The summed E-state index contributed by atoms with van der Waals surface area (Å²) < 4.78 is 45.5. The van der Waals surface area contributed by atoms with E-state index in [2.05, 4.69) is 9.71 Å². The summed E-state index contributed by atoms with van der Waals surface area (Å²) in [5.74, 6) is 0.0761. The molecule has 9 heteroatoms. The van der Waals surface area contributed by atoms with Crippen molar-refractivity contribution in [2.75, 3.05) is 11.8 Å². The van der Waals surface area contributed by atoms with Crippen molar-refractivity contribution in [3.63, 3.8) is 0 Å². The van der Waals surface area contributed by atoms with Crippen molar-refractivity contribution in [2.24, 2.45) is 0 Å². The predicted octanol–water partition coefficient (Wildman–Crippen LogP) is 4.41. The molecule has 0 aliphatic rings. The summed E-state index contributed by atoms with van der Waals surface area (Å²) in [5.41, 5.74) is 0.947. The number of hydrogen-bond donors (Lipinski definition) is 1. The van der Waals surface area contributed by atoms with Crippen molar-refractivity contribution in [1.82, 2.24) is 4.98 Å². The smallest absolute Gasteiger partial charge is 0.273 e. The van der Waals surface area contributed by atoms with Crippen molar-refractivity contribution in [1.29, 1.82) is 0 Å². The maximum Gasteiger partial charge on any atom is 0.273 e. The zero-order chi connectivity index (χ0) is 18.0. The summed E-state index contributed by atoms with van der Waals surface area (Å²) in [6, 6.07) is 10.2. The van der Waals surface area contributed by atoms with E-state index in [4.69, 9.17) is 16.3 Å². The molecule has 25 heavy (non-hydrogen) atoms. The second-order valence-corrected chi connectivity index (χ2v) is 8.29. The van der Waals surface area contributed by atoms with Gasteiger partial charge in [-0.25, -0.2) is 17.8 Å². The Morgan fingerprint density at radius 1 is 1.20 bits per heavy atom. The Morgan fingerprint density at radius 2 is 1.92 bits per heavy atom. The first kappa shape index (κ1) is 17.7. The molecule has 0 amide bonds. The van der Waals surface area contributed by atoms with E-state index in [9.17, 15) is 12.8 Å². The molecule has 0 spiro atoms. The van der Waals surface area contributed by atoms with Crippen LogP contribution in [0, 0.1) is 5.82 Å². The van der Waals surface area contributed by atoms with Gasteiger partial charge in [0.2, 0.25) is 0 Å². The lowest BCUT2D eigenvalue weighted by atomic mass is 10.2. The Kier molecular flexibility index (Phi) is 4.94. The molecule has 0 aliphatic heterocycles. The van der Waals surface area contributed by atoms with Crippen LogP contribution in [0.2, 0.25) is 5.02 Å². The van der Waals surface area contributed by atoms with E-state index in [0.29, 0.717) is 27.0 Å². The lowest BCUT2D eigenvalue weighted by molar-refractivity contribution is 0.415. The van der Waals surface area contributed by atoms with Crippen LogP contribution in [-0.4, -0.2) is 20.5 Å². The zero-order valence-electron chi connectivity index (χ0n) is 12.9. The van der Waals surface area contributed by atoms with Crippen LogP contribution in [0.3, 0.4) is 0 Å². The molecule has 0 bridgehead atoms. The van der Waals surface area contributed by atoms with Gasteiger partial charge in [0.1, 0.15) is 16.6 Å². The van der Waals surface area contributed by atoms with Gasteiger partial charge in [0.15, 0.2) is 4.21 Å². The van der Waals surface area contributed by atoms with E-state index < -0.39 is 10.0 Å². The number of thiazole rings is 1. The number of nitrogens with one attached hydrogen (secondary N) is 1. The van der Waals surface area contributed by atoms with E-state index in [0.717, 1.165) is 11.3 Å². The van der Waals surface area contributed by atoms with Crippen LogP contribution in [-0.2, 0) is 10.0 Å². The van der Waals surface area contributed by atoms with E-state index in [-0.39, 0.29) is 10.0 Å². The molecule has 0 unspecified atom stereocenters. The molecular weight excluding hydrogens is 387 g/mol. The van der Waals surface area contributed by atoms with Crippen molar-refractivity contribution in [2.45, 2.75) is 4.21 Å². The Labute approximate surface area is 153 Å². The topological polar surface area (TPSA) is 68.3 Å². The van der Waals surface area contributed by atoms with Gasteiger partial charge in [0, 0.05) is 5.56 Å². The molecule has 1 N–H and O–H groups in total. The Hall–Kier alpha value is -2.16. The third kappa shape index (κ3) is 3.92. The van der Waals surface area contributed by atoms with Crippen LogP contribution in [0.15, 0.2) is 52.9 Å². The number of rotatable bonds is 5. The number of anilines is 1. The predicted molar refractivity (Wildman–Crippen MR) is 96.3 cm³/mol. The van der Waals surface area contributed by atoms with E-state index in [1.54, 1.807) is 24.3 Å². The zero-order valence-corrected chi connectivity index (χ0v) is 15.3. The minimum absolute atomic E-state index is 0.0405. The van der Waals surface area contributed by atoms with Gasteiger partial charge in [-0.05, 0) is 42.5 Å². The van der Waals surface area contributed by atoms with E-state index in [1.807, 2.05) is 0 Å². The summed E-state index contributed by atoms with van der Waals surface area (Å²) in [7, 11) is -2.34. The number of ether oxygens (including phenoxy) is 1. The fraction of sp³-hybridized carbons (Fsp3) is 0.0625. The fourth-order valence-corrected chi connectivity index (χ4v) is 4.49. The molecule has 0 aliphatic carbocycles. The molecule has 0 saturated heterocycles. The number of methoxy groups -OCH3 is 1. The number of hydrogen-bond acceptors (Lipinski definition) is 5. The largest absolute Gasteiger partial charge is 0.495 e. The van der Waals surface area contributed by atoms with Crippen molar-refractivity contribution >= 4 is 38.6 Å². The van der Waals surface area contributed by atoms with Gasteiger partial charge in [-0.2, -0.15) is 0 Å². The summed E-state index contributed by atoms with van der Waals surface area (Å²) in [4.78, 5) is 4.10. The molecular formula is C16H12ClFN2O3S2. The summed E-state index contributed by atoms with van der Waals surface area (Å²) in [6.45, 7) is 0. The van der Waals surface area contributed by atoms with E-state index >= 15 is 0 Å². The first-order valence-electron chi connectivity index (χ1n) is 6.97. The second kappa shape index (κ2) is 6.99. The summed E-state index contributed by atoms with van der Waals surface area (Å²) in [6.07, 6.45) is 1.26. The molecule has 0 radical (unpaired) electrons. The second-order valence-electron chi connectivity index (χ2n) is 4.95. The van der Waals surface area contributed by atoms with Crippen molar-refractivity contribution in [3.05, 3.63) is 59.5 Å². The third-order valence-electron chi connectivity index (χ3n) is 3.24. The molecule has 0 atom stereocenters. The van der Waals surface area contributed by atoms with Gasteiger partial charge in [-0.1, -0.05) is 11.6 Å². The normalized spacial score (nSPS) is 11.3. The van der Waals surface area contributed by atoms with Gasteiger partial charge in [-0.15, -0.1) is 11.3 Å². The summed E-state index contributed by atoms with van der Waals surface area (Å²) >= 11 is 6.99. The van der Waals surface area contributed by atoms with Crippen LogP contribution in [0.25, 0.3) is 10.6 Å². The number of nitrogens with zero attached hydrogens (tertiary/aromatic N) is 1. The SMILES string of the molecule is COc1ccc(NS(=O)(=O)c2cnc(-c3ccc(F)cc3)s2)cc1Cl. The molecule has 3 rings (SSSR count). The van der Waals surface area contributed by atoms with Crippen LogP contribution < -0.4 is 9.46 Å². The van der Waals surface area contributed by atoms with Gasteiger partial charge in [-0.3, -0.25) is 4.72 Å². The van der Waals surface area contributed by atoms with Crippen LogP contribution in [0.1, 0.15) is 0 Å². The monoisotopic (exact) mass is 398 g/mol. The maximum atomic E-state index is 13.0. The highest BCUT2D eigenvalue weighted by Crippen LogP contribution is 2.31. The molecule has 1 aromatic heterocycles. The highest BCUT2D eigenvalue weighted by Gasteiger charge is 2.19. The molecule has 0 fully saturated rings. The molecule has 5 nitrogen and oxygen atoms in total. The average Bonchev–Trinajstić information content (AvgIpc) is 3.06. The number of sulfonamides is 1. The van der Waals surface area contributed by atoms with Crippen molar-refractivity contribution in [3.8, 4) is 16.3 Å². The molecule has 3 aromatic rings. The summed E-state index contributed by atoms with van der Waals surface area (Å²) in [5, 5.41) is 0.771. The Morgan fingerprint density at radius 3 is 2.56 bits per heavy atom. The Balaban J connectivity index is 1.85. The maximum absolute atomic E-state index is 13.0. The molecule has 2 aromatic carbocycles. The Bertz CT molecular complexity index is 1000. The number of halogens is 2. The first-order chi connectivity index (χ1) is 11.9. The van der Waals surface area contributed by atoms with Crippen LogP contribution >= 0.6 is 22.9 Å². The lowest BCUT2D eigenvalue weighted by Gasteiger charge is -2.08. The van der Waals surface area contributed by atoms with Gasteiger partial charge >= 0.3 is 0 Å². The van der Waals surface area contributed by atoms with Gasteiger partial charge in [0.05, 0.1) is 24.0 Å². The quantitative estimate of drug-likeness (QED) is 0.691. The fourth-order valence-electron chi connectivity index (χ4n) is 2.04. The minimum Gasteiger partial charge on any atom is -0.495 e. The highest BCUT2D eigenvalue weighted by atomic mass is 35.5. The average molecular weight is 399 g/mol. The van der Waals surface area contributed by atoms with Gasteiger partial charge < -0.3 is 4.74 Å². The van der Waals surface area contributed by atoms with Crippen LogP contribution in [0.5, 0.6) is 5.75 Å². The van der Waals surface area contributed by atoms with Crippen molar-refractivity contribution < 1.29 is 17.5 Å². The lowest BCUT2D eigenvalue weighted by Crippen LogP contribution is -2.11. The number of benzene rings is 2. The minimum atomic E-state index is -3.81. The third-order valence-corrected chi connectivity index (χ3v) is 6.43. The van der Waals surface area contributed by atoms with E-state index in [1.165, 1.54) is 31.5 Å². The highest BCUT2D eigenvalue weighted by molar-refractivity contribution is 7.94. The molecule has 1 heterocycles.